The lowest BCUT2D eigenvalue weighted by Crippen LogP contribution is -2.06. The van der Waals surface area contributed by atoms with Crippen molar-refractivity contribution in [1.82, 2.24) is 0 Å². The number of rotatable bonds is 3. The molecule has 98 valence electrons. The van der Waals surface area contributed by atoms with Gasteiger partial charge in [0.25, 0.3) is 0 Å². The van der Waals surface area contributed by atoms with E-state index >= 15 is 0 Å². The minimum Gasteiger partial charge on any atom is -0.457 e. The second-order valence-corrected chi connectivity index (χ2v) is 4.72. The van der Waals surface area contributed by atoms with Gasteiger partial charge in [0.1, 0.15) is 6.61 Å². The molecule has 0 bridgehead atoms. The molecule has 3 nitrogen and oxygen atoms in total. The number of carbonyl (C=O) groups excluding carboxylic acids is 1. The van der Waals surface area contributed by atoms with E-state index in [1.54, 1.807) is 24.3 Å². The highest BCUT2D eigenvalue weighted by atomic mass is 35.5. The van der Waals surface area contributed by atoms with Gasteiger partial charge in [-0.05, 0) is 24.3 Å². The SMILES string of the molecule is Nc1ccc(C(=O)OCc2ccccc2Cl)cc1Cl. The third kappa shape index (κ3) is 3.40. The van der Waals surface area contributed by atoms with Crippen molar-refractivity contribution >= 4 is 34.9 Å². The van der Waals surface area contributed by atoms with Gasteiger partial charge in [-0.2, -0.15) is 0 Å². The number of esters is 1. The van der Waals surface area contributed by atoms with Crippen molar-refractivity contribution in [3.63, 3.8) is 0 Å². The average Bonchev–Trinajstić information content (AvgIpc) is 2.40. The van der Waals surface area contributed by atoms with Gasteiger partial charge in [0, 0.05) is 10.6 Å². The second-order valence-electron chi connectivity index (χ2n) is 3.90. The molecule has 0 unspecified atom stereocenters. The van der Waals surface area contributed by atoms with Crippen LogP contribution in [0.2, 0.25) is 10.0 Å². The molecule has 0 aromatic heterocycles. The van der Waals surface area contributed by atoms with E-state index in [-0.39, 0.29) is 6.61 Å². The van der Waals surface area contributed by atoms with E-state index in [0.29, 0.717) is 21.3 Å². The zero-order chi connectivity index (χ0) is 13.8. The molecule has 2 aromatic rings. The number of nitrogen functional groups attached to an aromatic ring is 1. The van der Waals surface area contributed by atoms with Crippen molar-refractivity contribution in [1.29, 1.82) is 0 Å². The minimum absolute atomic E-state index is 0.112. The third-order valence-corrected chi connectivity index (χ3v) is 3.25. The van der Waals surface area contributed by atoms with E-state index in [1.807, 2.05) is 12.1 Å². The Morgan fingerprint density at radius 2 is 1.84 bits per heavy atom. The van der Waals surface area contributed by atoms with Crippen molar-refractivity contribution in [3.8, 4) is 0 Å². The number of benzene rings is 2. The fourth-order valence-electron chi connectivity index (χ4n) is 1.50. The van der Waals surface area contributed by atoms with Crippen LogP contribution in [0.25, 0.3) is 0 Å². The summed E-state index contributed by atoms with van der Waals surface area (Å²) in [6.07, 6.45) is 0. The first kappa shape index (κ1) is 13.7. The maximum absolute atomic E-state index is 11.8. The van der Waals surface area contributed by atoms with Crippen molar-refractivity contribution in [3.05, 3.63) is 63.6 Å². The molecule has 19 heavy (non-hydrogen) atoms. The summed E-state index contributed by atoms with van der Waals surface area (Å²) in [6, 6.07) is 11.8. The van der Waals surface area contributed by atoms with E-state index in [4.69, 9.17) is 33.7 Å². The Balaban J connectivity index is 2.05. The number of nitrogens with two attached hydrogens (primary N) is 1. The van der Waals surface area contributed by atoms with Gasteiger partial charge in [-0.15, -0.1) is 0 Å². The second kappa shape index (κ2) is 5.95. The van der Waals surface area contributed by atoms with E-state index in [0.717, 1.165) is 5.56 Å². The molecule has 0 fully saturated rings. The Morgan fingerprint density at radius 1 is 1.11 bits per heavy atom. The van der Waals surface area contributed by atoms with Crippen LogP contribution in [0.1, 0.15) is 15.9 Å². The number of halogens is 2. The highest BCUT2D eigenvalue weighted by Gasteiger charge is 2.10. The number of carbonyl (C=O) groups is 1. The van der Waals surface area contributed by atoms with E-state index in [1.165, 1.54) is 6.07 Å². The summed E-state index contributed by atoms with van der Waals surface area (Å²) >= 11 is 11.8. The molecule has 2 rings (SSSR count). The first-order valence-electron chi connectivity index (χ1n) is 5.53. The lowest BCUT2D eigenvalue weighted by Gasteiger charge is -2.07. The summed E-state index contributed by atoms with van der Waals surface area (Å²) in [6.45, 7) is 0.112. The molecule has 2 N–H and O–H groups in total. The summed E-state index contributed by atoms with van der Waals surface area (Å²) < 4.78 is 5.17. The normalized spacial score (nSPS) is 10.2. The monoisotopic (exact) mass is 295 g/mol. The van der Waals surface area contributed by atoms with Gasteiger partial charge in [-0.25, -0.2) is 4.79 Å². The van der Waals surface area contributed by atoms with Crippen LogP contribution in [0.4, 0.5) is 5.69 Å². The molecular weight excluding hydrogens is 285 g/mol. The predicted molar refractivity (Wildman–Crippen MR) is 76.4 cm³/mol. The lowest BCUT2D eigenvalue weighted by molar-refractivity contribution is 0.0473. The summed E-state index contributed by atoms with van der Waals surface area (Å²) in [7, 11) is 0. The highest BCUT2D eigenvalue weighted by Crippen LogP contribution is 2.21. The standard InChI is InChI=1S/C14H11Cl2NO2/c15-11-4-2-1-3-10(11)8-19-14(18)9-5-6-13(17)12(16)7-9/h1-7H,8,17H2. The van der Waals surface area contributed by atoms with Crippen molar-refractivity contribution < 1.29 is 9.53 Å². The van der Waals surface area contributed by atoms with Crippen LogP contribution < -0.4 is 5.73 Å². The molecule has 0 atom stereocenters. The first-order valence-corrected chi connectivity index (χ1v) is 6.29. The van der Waals surface area contributed by atoms with E-state index in [2.05, 4.69) is 0 Å². The van der Waals surface area contributed by atoms with Crippen molar-refractivity contribution in [2.45, 2.75) is 6.61 Å². The quantitative estimate of drug-likeness (QED) is 0.689. The van der Waals surface area contributed by atoms with Gasteiger partial charge in [0.05, 0.1) is 16.3 Å². The number of anilines is 1. The Kier molecular flexibility index (Phi) is 4.30. The van der Waals surface area contributed by atoms with Gasteiger partial charge >= 0.3 is 5.97 Å². The van der Waals surface area contributed by atoms with E-state index < -0.39 is 5.97 Å². The van der Waals surface area contributed by atoms with E-state index in [9.17, 15) is 4.79 Å². The molecule has 0 saturated carbocycles. The number of hydrogen-bond acceptors (Lipinski definition) is 3. The van der Waals surface area contributed by atoms with Gasteiger partial charge in [0.2, 0.25) is 0 Å². The third-order valence-electron chi connectivity index (χ3n) is 2.55. The summed E-state index contributed by atoms with van der Waals surface area (Å²) in [5.74, 6) is -0.471. The molecule has 0 aliphatic rings. The molecule has 0 saturated heterocycles. The van der Waals surface area contributed by atoms with Crippen LogP contribution in [0, 0.1) is 0 Å². The van der Waals surface area contributed by atoms with Crippen LogP contribution in [0.5, 0.6) is 0 Å². The van der Waals surface area contributed by atoms with Crippen LogP contribution in [-0.2, 0) is 11.3 Å². The first-order chi connectivity index (χ1) is 9.08. The maximum Gasteiger partial charge on any atom is 0.338 e. The van der Waals surface area contributed by atoms with Crippen molar-refractivity contribution in [2.75, 3.05) is 5.73 Å². The predicted octanol–water partition coefficient (Wildman–Crippen LogP) is 3.93. The molecule has 0 radical (unpaired) electrons. The smallest absolute Gasteiger partial charge is 0.338 e. The number of hydrogen-bond donors (Lipinski definition) is 1. The fraction of sp³-hybridized carbons (Fsp3) is 0.0714. The maximum atomic E-state index is 11.8. The van der Waals surface area contributed by atoms with Crippen LogP contribution >= 0.6 is 23.2 Å². The van der Waals surface area contributed by atoms with Crippen LogP contribution in [-0.4, -0.2) is 5.97 Å². The Labute approximate surface area is 120 Å². The van der Waals surface area contributed by atoms with Gasteiger partial charge in [-0.1, -0.05) is 41.4 Å². The highest BCUT2D eigenvalue weighted by molar-refractivity contribution is 6.33. The molecule has 0 aliphatic heterocycles. The average molecular weight is 296 g/mol. The molecule has 5 heteroatoms. The topological polar surface area (TPSA) is 52.3 Å². The largest absolute Gasteiger partial charge is 0.457 e. The summed E-state index contributed by atoms with van der Waals surface area (Å²) in [4.78, 5) is 11.8. The molecule has 2 aromatic carbocycles. The van der Waals surface area contributed by atoms with Crippen LogP contribution in [0.15, 0.2) is 42.5 Å². The molecule has 0 amide bonds. The van der Waals surface area contributed by atoms with Gasteiger partial charge < -0.3 is 10.5 Å². The number of ether oxygens (including phenoxy) is 1. The van der Waals surface area contributed by atoms with Gasteiger partial charge in [-0.3, -0.25) is 0 Å². The zero-order valence-corrected chi connectivity index (χ0v) is 11.4. The fourth-order valence-corrected chi connectivity index (χ4v) is 1.87. The Hall–Kier alpha value is -1.71. The van der Waals surface area contributed by atoms with Gasteiger partial charge in [0.15, 0.2) is 0 Å². The molecule has 0 aliphatic carbocycles. The molecular formula is C14H11Cl2NO2. The zero-order valence-electron chi connectivity index (χ0n) is 9.90. The molecule has 0 spiro atoms. The van der Waals surface area contributed by atoms with Crippen LogP contribution in [0.3, 0.4) is 0 Å². The Bertz CT molecular complexity index is 614. The summed E-state index contributed by atoms with van der Waals surface area (Å²) in [5, 5.41) is 0.887. The lowest BCUT2D eigenvalue weighted by atomic mass is 10.2. The molecule has 0 heterocycles. The Morgan fingerprint density at radius 3 is 2.53 bits per heavy atom. The van der Waals surface area contributed by atoms with Crippen molar-refractivity contribution in [2.24, 2.45) is 0 Å². The summed E-state index contributed by atoms with van der Waals surface area (Å²) in [5.41, 5.74) is 7.10. The minimum atomic E-state index is -0.471.